The molecular formula is C20H23N3O3. The van der Waals surface area contributed by atoms with Crippen molar-refractivity contribution in [3.8, 4) is 0 Å². The number of amides is 1. The minimum Gasteiger partial charge on any atom is -0.372 e. The van der Waals surface area contributed by atoms with Gasteiger partial charge in [0.2, 0.25) is 0 Å². The normalized spacial score (nSPS) is 21.8. The molecule has 2 aliphatic rings. The van der Waals surface area contributed by atoms with Crippen LogP contribution in [0.15, 0.2) is 49.1 Å². The van der Waals surface area contributed by atoms with Crippen molar-refractivity contribution < 1.29 is 14.3 Å². The van der Waals surface area contributed by atoms with E-state index in [2.05, 4.69) is 9.97 Å². The fraction of sp³-hybridized carbons (Fsp3) is 0.450. The Balaban J connectivity index is 1.28. The maximum absolute atomic E-state index is 12.5. The molecule has 1 amide bonds. The lowest BCUT2D eigenvalue weighted by molar-refractivity contribution is -0.0412. The van der Waals surface area contributed by atoms with Crippen LogP contribution in [0, 0.1) is 0 Å². The van der Waals surface area contributed by atoms with Gasteiger partial charge in [-0.3, -0.25) is 14.8 Å². The second-order valence-corrected chi connectivity index (χ2v) is 7.03. The van der Waals surface area contributed by atoms with Gasteiger partial charge in [-0.25, -0.2) is 0 Å². The molecule has 4 heterocycles. The third-order valence-corrected chi connectivity index (χ3v) is 5.25. The summed E-state index contributed by atoms with van der Waals surface area (Å²) in [5, 5.41) is 0. The molecule has 2 aromatic heterocycles. The van der Waals surface area contributed by atoms with Gasteiger partial charge in [-0.2, -0.15) is 0 Å². The van der Waals surface area contributed by atoms with E-state index >= 15 is 0 Å². The molecule has 0 unspecified atom stereocenters. The number of piperidine rings is 1. The van der Waals surface area contributed by atoms with Gasteiger partial charge < -0.3 is 14.4 Å². The Morgan fingerprint density at radius 3 is 2.65 bits per heavy atom. The molecule has 0 aromatic carbocycles. The number of hydrogen-bond acceptors (Lipinski definition) is 5. The maximum atomic E-state index is 12.5. The van der Waals surface area contributed by atoms with Crippen molar-refractivity contribution in [3.05, 3.63) is 60.2 Å². The average Bonchev–Trinajstić information content (AvgIpc) is 3.10. The van der Waals surface area contributed by atoms with Crippen molar-refractivity contribution in [3.63, 3.8) is 0 Å². The summed E-state index contributed by atoms with van der Waals surface area (Å²) in [4.78, 5) is 22.6. The van der Waals surface area contributed by atoms with Crippen molar-refractivity contribution in [1.82, 2.24) is 14.9 Å². The van der Waals surface area contributed by atoms with E-state index in [1.807, 2.05) is 29.3 Å². The molecule has 4 rings (SSSR count). The van der Waals surface area contributed by atoms with E-state index in [0.717, 1.165) is 24.8 Å². The standard InChI is InChI=1S/C20H23N3O3/c24-19(17-4-2-8-22-13-17)23-9-5-20(6-10-23)11-18(15-26-20)25-14-16-3-1-7-21-12-16/h1-4,7-8,12-13,18H,5-6,9-11,14-15H2/t18-/m1/s1. The van der Waals surface area contributed by atoms with E-state index in [0.29, 0.717) is 31.9 Å². The second-order valence-electron chi connectivity index (χ2n) is 7.03. The Labute approximate surface area is 153 Å². The summed E-state index contributed by atoms with van der Waals surface area (Å²) in [5.74, 6) is 0.0512. The van der Waals surface area contributed by atoms with Crippen LogP contribution in [0.3, 0.4) is 0 Å². The van der Waals surface area contributed by atoms with Gasteiger partial charge in [0.05, 0.1) is 30.5 Å². The van der Waals surface area contributed by atoms with Crippen LogP contribution < -0.4 is 0 Å². The van der Waals surface area contributed by atoms with Crippen LogP contribution in [-0.2, 0) is 16.1 Å². The zero-order valence-corrected chi connectivity index (χ0v) is 14.7. The Kier molecular flexibility index (Phi) is 4.95. The van der Waals surface area contributed by atoms with E-state index in [1.165, 1.54) is 0 Å². The minimum atomic E-state index is -0.147. The topological polar surface area (TPSA) is 64.6 Å². The number of carbonyl (C=O) groups excluding carboxylic acids is 1. The van der Waals surface area contributed by atoms with Gasteiger partial charge >= 0.3 is 0 Å². The van der Waals surface area contributed by atoms with Crippen LogP contribution in [0.5, 0.6) is 0 Å². The van der Waals surface area contributed by atoms with Gasteiger partial charge in [-0.05, 0) is 36.6 Å². The van der Waals surface area contributed by atoms with E-state index in [9.17, 15) is 4.79 Å². The molecule has 2 saturated heterocycles. The first-order valence-corrected chi connectivity index (χ1v) is 9.08. The molecule has 136 valence electrons. The van der Waals surface area contributed by atoms with Crippen LogP contribution in [0.4, 0.5) is 0 Å². The summed E-state index contributed by atoms with van der Waals surface area (Å²) in [5.41, 5.74) is 1.57. The van der Waals surface area contributed by atoms with E-state index < -0.39 is 0 Å². The lowest BCUT2D eigenvalue weighted by atomic mass is 9.87. The molecule has 1 atom stereocenters. The largest absolute Gasteiger partial charge is 0.372 e. The van der Waals surface area contributed by atoms with Crippen molar-refractivity contribution >= 4 is 5.91 Å². The van der Waals surface area contributed by atoms with Gasteiger partial charge in [0.25, 0.3) is 5.91 Å². The third-order valence-electron chi connectivity index (χ3n) is 5.25. The summed E-state index contributed by atoms with van der Waals surface area (Å²) in [7, 11) is 0. The van der Waals surface area contributed by atoms with Gasteiger partial charge in [-0.15, -0.1) is 0 Å². The predicted octanol–water partition coefficient (Wildman–Crippen LogP) is 2.46. The fourth-order valence-corrected chi connectivity index (χ4v) is 3.74. The molecule has 0 radical (unpaired) electrons. The molecule has 6 nitrogen and oxygen atoms in total. The van der Waals surface area contributed by atoms with Gasteiger partial charge in [-0.1, -0.05) is 6.07 Å². The van der Waals surface area contributed by atoms with Crippen molar-refractivity contribution in [2.24, 2.45) is 0 Å². The highest BCUT2D eigenvalue weighted by Crippen LogP contribution is 2.37. The molecule has 26 heavy (non-hydrogen) atoms. The molecule has 0 aliphatic carbocycles. The van der Waals surface area contributed by atoms with Gasteiger partial charge in [0.1, 0.15) is 0 Å². The number of rotatable bonds is 4. The number of aromatic nitrogens is 2. The lowest BCUT2D eigenvalue weighted by Crippen LogP contribution is -2.46. The molecule has 2 aliphatic heterocycles. The zero-order valence-electron chi connectivity index (χ0n) is 14.7. The Hall–Kier alpha value is -2.31. The summed E-state index contributed by atoms with van der Waals surface area (Å²) >= 11 is 0. The molecule has 0 N–H and O–H groups in total. The highest BCUT2D eigenvalue weighted by Gasteiger charge is 2.43. The number of carbonyl (C=O) groups is 1. The SMILES string of the molecule is O=C(c1cccnc1)N1CCC2(CC1)C[C@@H](OCc1cccnc1)CO2. The second kappa shape index (κ2) is 7.51. The first-order valence-electron chi connectivity index (χ1n) is 9.08. The molecule has 2 fully saturated rings. The molecule has 6 heteroatoms. The number of likely N-dealkylation sites (tertiary alicyclic amines) is 1. The van der Waals surface area contributed by atoms with Crippen LogP contribution >= 0.6 is 0 Å². The van der Waals surface area contributed by atoms with Crippen LogP contribution in [0.1, 0.15) is 35.2 Å². The maximum Gasteiger partial charge on any atom is 0.255 e. The van der Waals surface area contributed by atoms with Gasteiger partial charge in [0, 0.05) is 44.3 Å². The van der Waals surface area contributed by atoms with Crippen LogP contribution in [0.2, 0.25) is 0 Å². The number of nitrogens with zero attached hydrogens (tertiary/aromatic N) is 3. The first kappa shape index (κ1) is 17.1. The minimum absolute atomic E-state index is 0.0512. The highest BCUT2D eigenvalue weighted by atomic mass is 16.6. The van der Waals surface area contributed by atoms with Crippen molar-refractivity contribution in [2.45, 2.75) is 37.6 Å². The first-order chi connectivity index (χ1) is 12.7. The van der Waals surface area contributed by atoms with Crippen LogP contribution in [-0.4, -0.2) is 52.2 Å². The van der Waals surface area contributed by atoms with E-state index in [4.69, 9.17) is 9.47 Å². The lowest BCUT2D eigenvalue weighted by Gasteiger charge is -2.38. The van der Waals surface area contributed by atoms with Crippen molar-refractivity contribution in [1.29, 1.82) is 0 Å². The molecule has 0 saturated carbocycles. The Morgan fingerprint density at radius 2 is 1.96 bits per heavy atom. The fourth-order valence-electron chi connectivity index (χ4n) is 3.74. The third kappa shape index (κ3) is 3.76. The Bertz CT molecular complexity index is 730. The summed E-state index contributed by atoms with van der Waals surface area (Å²) in [6.07, 6.45) is 9.60. The number of hydrogen-bond donors (Lipinski definition) is 0. The van der Waals surface area contributed by atoms with Crippen LogP contribution in [0.25, 0.3) is 0 Å². The zero-order chi connectivity index (χ0) is 17.8. The summed E-state index contributed by atoms with van der Waals surface area (Å²) in [6.45, 7) is 2.60. The summed E-state index contributed by atoms with van der Waals surface area (Å²) in [6, 6.07) is 7.54. The monoisotopic (exact) mass is 353 g/mol. The Morgan fingerprint density at radius 1 is 1.19 bits per heavy atom. The average molecular weight is 353 g/mol. The molecule has 1 spiro atoms. The smallest absolute Gasteiger partial charge is 0.255 e. The molecule has 2 aromatic rings. The molecular weight excluding hydrogens is 330 g/mol. The van der Waals surface area contributed by atoms with Gasteiger partial charge in [0.15, 0.2) is 0 Å². The highest BCUT2D eigenvalue weighted by molar-refractivity contribution is 5.93. The van der Waals surface area contributed by atoms with Crippen molar-refractivity contribution in [2.75, 3.05) is 19.7 Å². The quantitative estimate of drug-likeness (QED) is 0.845. The molecule has 0 bridgehead atoms. The number of ether oxygens (including phenoxy) is 2. The van der Waals surface area contributed by atoms with E-state index in [-0.39, 0.29) is 17.6 Å². The summed E-state index contributed by atoms with van der Waals surface area (Å²) < 4.78 is 12.1. The predicted molar refractivity (Wildman–Crippen MR) is 95.5 cm³/mol. The number of pyridine rings is 2. The van der Waals surface area contributed by atoms with E-state index in [1.54, 1.807) is 24.7 Å².